The monoisotopic (exact) mass is 251 g/mol. The number of nitrogens with zero attached hydrogens (tertiary/aromatic N) is 2. The molecule has 0 amide bonds. The summed E-state index contributed by atoms with van der Waals surface area (Å²) in [4.78, 5) is 5.41. The maximum atomic E-state index is 3.62. The normalized spacial score (nSPS) is 28.5. The Bertz CT molecular complexity index is 252. The first-order valence-corrected chi connectivity index (χ1v) is 8.04. The molecule has 1 aliphatic heterocycles. The lowest BCUT2D eigenvalue weighted by atomic mass is 10.1. The van der Waals surface area contributed by atoms with Gasteiger partial charge >= 0.3 is 0 Å². The molecule has 0 bridgehead atoms. The van der Waals surface area contributed by atoms with Gasteiger partial charge in [0.15, 0.2) is 0 Å². The molecule has 1 heterocycles. The number of nitrogens with one attached hydrogen (secondary N) is 1. The van der Waals surface area contributed by atoms with E-state index in [2.05, 4.69) is 22.0 Å². The fourth-order valence-corrected chi connectivity index (χ4v) is 3.16. The van der Waals surface area contributed by atoms with Crippen molar-refractivity contribution in [2.75, 3.05) is 32.7 Å². The van der Waals surface area contributed by atoms with E-state index in [0.29, 0.717) is 0 Å². The second kappa shape index (κ2) is 5.89. The van der Waals surface area contributed by atoms with E-state index in [-0.39, 0.29) is 0 Å². The Kier molecular flexibility index (Phi) is 4.22. The van der Waals surface area contributed by atoms with Crippen molar-refractivity contribution in [1.82, 2.24) is 15.1 Å². The molecule has 3 rings (SSSR count). The Labute approximate surface area is 112 Å². The molecule has 3 aliphatic rings. The molecule has 0 aromatic heterocycles. The molecule has 2 aliphatic carbocycles. The molecule has 18 heavy (non-hydrogen) atoms. The van der Waals surface area contributed by atoms with Crippen molar-refractivity contribution in [2.24, 2.45) is 0 Å². The second-order valence-electron chi connectivity index (χ2n) is 6.52. The third-order valence-corrected chi connectivity index (χ3v) is 4.84. The van der Waals surface area contributed by atoms with Gasteiger partial charge < -0.3 is 5.32 Å². The van der Waals surface area contributed by atoms with Crippen molar-refractivity contribution in [2.45, 2.75) is 63.6 Å². The minimum atomic E-state index is 0.785. The molecule has 1 N–H and O–H groups in total. The first-order chi connectivity index (χ1) is 8.83. The van der Waals surface area contributed by atoms with Crippen molar-refractivity contribution in [3.63, 3.8) is 0 Å². The molecular weight excluding hydrogens is 222 g/mol. The van der Waals surface area contributed by atoms with E-state index in [4.69, 9.17) is 0 Å². The molecule has 3 fully saturated rings. The molecule has 3 nitrogen and oxygen atoms in total. The van der Waals surface area contributed by atoms with Crippen LogP contribution in [0.15, 0.2) is 0 Å². The fourth-order valence-electron chi connectivity index (χ4n) is 3.16. The van der Waals surface area contributed by atoms with Crippen molar-refractivity contribution < 1.29 is 0 Å². The fraction of sp³-hybridized carbons (Fsp3) is 1.00. The molecule has 0 aromatic carbocycles. The number of hydrogen-bond donors (Lipinski definition) is 1. The summed E-state index contributed by atoms with van der Waals surface area (Å²) in [6.45, 7) is 8.88. The Morgan fingerprint density at radius 1 is 1.06 bits per heavy atom. The highest BCUT2D eigenvalue weighted by Crippen LogP contribution is 2.27. The highest BCUT2D eigenvalue weighted by molar-refractivity contribution is 4.88. The average molecular weight is 251 g/mol. The van der Waals surface area contributed by atoms with Crippen LogP contribution >= 0.6 is 0 Å². The van der Waals surface area contributed by atoms with Crippen LogP contribution in [0.2, 0.25) is 0 Å². The summed E-state index contributed by atoms with van der Waals surface area (Å²) in [7, 11) is 0. The Morgan fingerprint density at radius 2 is 1.78 bits per heavy atom. The van der Waals surface area contributed by atoms with Gasteiger partial charge in [-0.2, -0.15) is 0 Å². The highest BCUT2D eigenvalue weighted by atomic mass is 15.3. The summed E-state index contributed by atoms with van der Waals surface area (Å²) in [5.41, 5.74) is 0. The van der Waals surface area contributed by atoms with E-state index >= 15 is 0 Å². The Morgan fingerprint density at radius 3 is 2.39 bits per heavy atom. The Hall–Kier alpha value is -0.120. The van der Waals surface area contributed by atoms with Gasteiger partial charge in [0.25, 0.3) is 0 Å². The number of hydrogen-bond acceptors (Lipinski definition) is 3. The predicted octanol–water partition coefficient (Wildman–Crippen LogP) is 1.69. The van der Waals surface area contributed by atoms with Gasteiger partial charge in [-0.25, -0.2) is 0 Å². The largest absolute Gasteiger partial charge is 0.314 e. The summed E-state index contributed by atoms with van der Waals surface area (Å²) >= 11 is 0. The molecule has 1 unspecified atom stereocenters. The predicted molar refractivity (Wildman–Crippen MR) is 75.9 cm³/mol. The molecule has 104 valence electrons. The third kappa shape index (κ3) is 3.69. The van der Waals surface area contributed by atoms with Crippen LogP contribution in [-0.4, -0.2) is 60.6 Å². The van der Waals surface area contributed by atoms with Crippen molar-refractivity contribution in [1.29, 1.82) is 0 Å². The van der Waals surface area contributed by atoms with Crippen LogP contribution in [0, 0.1) is 0 Å². The van der Waals surface area contributed by atoms with E-state index in [1.807, 2.05) is 0 Å². The molecule has 0 spiro atoms. The van der Waals surface area contributed by atoms with Gasteiger partial charge in [-0.05, 0) is 52.0 Å². The average Bonchev–Trinajstić information content (AvgIpc) is 3.28. The van der Waals surface area contributed by atoms with Crippen LogP contribution in [0.5, 0.6) is 0 Å². The number of rotatable bonds is 7. The SMILES string of the molecule is CC(CCCNC1CC1)N1CCN(C2CC2)CC1. The maximum absolute atomic E-state index is 3.62. The maximum Gasteiger partial charge on any atom is 0.0113 e. The molecular formula is C15H29N3. The summed E-state index contributed by atoms with van der Waals surface area (Å²) in [6.07, 6.45) is 8.46. The van der Waals surface area contributed by atoms with Crippen LogP contribution in [0.4, 0.5) is 0 Å². The quantitative estimate of drug-likeness (QED) is 0.695. The first-order valence-electron chi connectivity index (χ1n) is 8.04. The molecule has 1 saturated heterocycles. The van der Waals surface area contributed by atoms with Gasteiger partial charge in [0, 0.05) is 44.3 Å². The van der Waals surface area contributed by atoms with Crippen LogP contribution in [0.25, 0.3) is 0 Å². The molecule has 1 atom stereocenters. The molecule has 0 aromatic rings. The zero-order chi connectivity index (χ0) is 12.4. The van der Waals surface area contributed by atoms with Gasteiger partial charge in [-0.1, -0.05) is 0 Å². The van der Waals surface area contributed by atoms with Gasteiger partial charge in [0.05, 0.1) is 0 Å². The smallest absolute Gasteiger partial charge is 0.0113 e. The first kappa shape index (κ1) is 12.9. The topological polar surface area (TPSA) is 18.5 Å². The minimum Gasteiger partial charge on any atom is -0.314 e. The van der Waals surface area contributed by atoms with E-state index in [9.17, 15) is 0 Å². The van der Waals surface area contributed by atoms with Crippen LogP contribution in [0.3, 0.4) is 0 Å². The van der Waals surface area contributed by atoms with Crippen molar-refractivity contribution in [3.05, 3.63) is 0 Å². The summed E-state index contributed by atoms with van der Waals surface area (Å²) in [5.74, 6) is 0. The highest BCUT2D eigenvalue weighted by Gasteiger charge is 2.31. The third-order valence-electron chi connectivity index (χ3n) is 4.84. The van der Waals surface area contributed by atoms with Crippen LogP contribution in [0.1, 0.15) is 45.4 Å². The summed E-state index contributed by atoms with van der Waals surface area (Å²) in [6, 6.07) is 2.62. The van der Waals surface area contributed by atoms with Crippen molar-refractivity contribution in [3.8, 4) is 0 Å². The number of piperazine rings is 1. The van der Waals surface area contributed by atoms with Gasteiger partial charge in [-0.3, -0.25) is 9.80 Å². The van der Waals surface area contributed by atoms with Gasteiger partial charge in [0.2, 0.25) is 0 Å². The van der Waals surface area contributed by atoms with Crippen LogP contribution < -0.4 is 5.32 Å². The minimum absolute atomic E-state index is 0.785. The van der Waals surface area contributed by atoms with Gasteiger partial charge in [0.1, 0.15) is 0 Å². The van der Waals surface area contributed by atoms with E-state index in [1.165, 1.54) is 71.2 Å². The van der Waals surface area contributed by atoms with E-state index < -0.39 is 0 Å². The molecule has 3 heteroatoms. The Balaban J connectivity index is 1.28. The van der Waals surface area contributed by atoms with Crippen molar-refractivity contribution >= 4 is 0 Å². The zero-order valence-electron chi connectivity index (χ0n) is 11.9. The zero-order valence-corrected chi connectivity index (χ0v) is 11.9. The summed E-state index contributed by atoms with van der Waals surface area (Å²) in [5, 5.41) is 3.62. The lowest BCUT2D eigenvalue weighted by molar-refractivity contribution is 0.0934. The van der Waals surface area contributed by atoms with E-state index in [0.717, 1.165) is 18.1 Å². The van der Waals surface area contributed by atoms with Crippen LogP contribution in [-0.2, 0) is 0 Å². The second-order valence-corrected chi connectivity index (χ2v) is 6.52. The standard InChI is InChI=1S/C15H29N3/c1-13(3-2-8-16-14-4-5-14)17-9-11-18(12-10-17)15-6-7-15/h13-16H,2-12H2,1H3. The molecule has 2 saturated carbocycles. The lowest BCUT2D eigenvalue weighted by Crippen LogP contribution is -2.50. The van der Waals surface area contributed by atoms with Gasteiger partial charge in [-0.15, -0.1) is 0 Å². The molecule has 0 radical (unpaired) electrons. The summed E-state index contributed by atoms with van der Waals surface area (Å²) < 4.78 is 0. The lowest BCUT2D eigenvalue weighted by Gasteiger charge is -2.38. The van der Waals surface area contributed by atoms with E-state index in [1.54, 1.807) is 0 Å².